The van der Waals surface area contributed by atoms with Crippen molar-refractivity contribution in [3.05, 3.63) is 35.4 Å². The highest BCUT2D eigenvalue weighted by Gasteiger charge is 2.25. The first-order valence-electron chi connectivity index (χ1n) is 6.08. The fourth-order valence-corrected chi connectivity index (χ4v) is 2.30. The summed E-state index contributed by atoms with van der Waals surface area (Å²) in [5.74, 6) is 0.387. The summed E-state index contributed by atoms with van der Waals surface area (Å²) in [5, 5.41) is 3.34. The zero-order valence-electron chi connectivity index (χ0n) is 10.4. The molecular weight excluding hydrogens is 214 g/mol. The quantitative estimate of drug-likeness (QED) is 0.787. The molecule has 1 aliphatic carbocycles. The molecule has 1 aromatic carbocycles. The summed E-state index contributed by atoms with van der Waals surface area (Å²) in [4.78, 5) is 11.2. The van der Waals surface area contributed by atoms with Gasteiger partial charge in [0.25, 0.3) is 0 Å². The minimum Gasteiger partial charge on any atom is -0.469 e. The molecule has 2 unspecified atom stereocenters. The van der Waals surface area contributed by atoms with Crippen LogP contribution in [0.4, 0.5) is 0 Å². The Bertz CT molecular complexity index is 403. The van der Waals surface area contributed by atoms with Gasteiger partial charge in [0.15, 0.2) is 0 Å². The minimum absolute atomic E-state index is 0.0738. The maximum atomic E-state index is 11.2. The molecule has 2 rings (SSSR count). The zero-order chi connectivity index (χ0) is 12.3. The molecule has 2 atom stereocenters. The topological polar surface area (TPSA) is 38.3 Å². The molecule has 0 aromatic heterocycles. The molecule has 3 nitrogen and oxygen atoms in total. The Hall–Kier alpha value is -1.35. The molecule has 1 aliphatic rings. The van der Waals surface area contributed by atoms with Crippen molar-refractivity contribution in [2.75, 3.05) is 20.2 Å². The van der Waals surface area contributed by atoms with Crippen LogP contribution in [0, 0.1) is 5.92 Å². The number of carbonyl (C=O) groups excluding carboxylic acids is 1. The van der Waals surface area contributed by atoms with Crippen LogP contribution in [0.3, 0.4) is 0 Å². The molecule has 17 heavy (non-hydrogen) atoms. The van der Waals surface area contributed by atoms with Gasteiger partial charge in [0, 0.05) is 19.0 Å². The van der Waals surface area contributed by atoms with Crippen molar-refractivity contribution in [3.63, 3.8) is 0 Å². The van der Waals surface area contributed by atoms with Gasteiger partial charge in [-0.15, -0.1) is 0 Å². The van der Waals surface area contributed by atoms with Gasteiger partial charge in [-0.1, -0.05) is 31.2 Å². The van der Waals surface area contributed by atoms with Crippen LogP contribution in [-0.2, 0) is 16.0 Å². The predicted octanol–water partition coefficient (Wildman–Crippen LogP) is 1.72. The molecule has 0 spiro atoms. The van der Waals surface area contributed by atoms with Crippen molar-refractivity contribution >= 4 is 5.97 Å². The lowest BCUT2D eigenvalue weighted by molar-refractivity contribution is -0.144. The van der Waals surface area contributed by atoms with E-state index in [2.05, 4.69) is 34.3 Å². The lowest BCUT2D eigenvalue weighted by Gasteiger charge is -2.30. The van der Waals surface area contributed by atoms with E-state index >= 15 is 0 Å². The fourth-order valence-electron chi connectivity index (χ4n) is 2.30. The van der Waals surface area contributed by atoms with Gasteiger partial charge in [0.05, 0.1) is 13.0 Å². The van der Waals surface area contributed by atoms with Crippen LogP contribution in [0.5, 0.6) is 0 Å². The van der Waals surface area contributed by atoms with Gasteiger partial charge >= 0.3 is 5.97 Å². The number of ether oxygens (including phenoxy) is 1. The SMILES string of the molecule is COC(=O)C(C)CNCC1Cc2ccccc21. The second-order valence-electron chi connectivity index (χ2n) is 4.68. The molecule has 0 heterocycles. The highest BCUT2D eigenvalue weighted by molar-refractivity contribution is 5.72. The Morgan fingerprint density at radius 1 is 1.53 bits per heavy atom. The molecule has 0 bridgehead atoms. The third-order valence-electron chi connectivity index (χ3n) is 3.41. The zero-order valence-corrected chi connectivity index (χ0v) is 10.4. The van der Waals surface area contributed by atoms with E-state index in [1.807, 2.05) is 6.92 Å². The van der Waals surface area contributed by atoms with Gasteiger partial charge in [-0.2, -0.15) is 0 Å². The van der Waals surface area contributed by atoms with Crippen LogP contribution in [0.25, 0.3) is 0 Å². The van der Waals surface area contributed by atoms with E-state index < -0.39 is 0 Å². The Morgan fingerprint density at radius 3 is 3.00 bits per heavy atom. The standard InChI is InChI=1S/C14H19NO2/c1-10(14(16)17-2)8-15-9-12-7-11-5-3-4-6-13(11)12/h3-6,10,12,15H,7-9H2,1-2H3. The lowest BCUT2D eigenvalue weighted by atomic mass is 9.77. The summed E-state index contributed by atoms with van der Waals surface area (Å²) in [5.41, 5.74) is 2.91. The summed E-state index contributed by atoms with van der Waals surface area (Å²) in [6, 6.07) is 8.54. The highest BCUT2D eigenvalue weighted by Crippen LogP contribution is 2.33. The number of fused-ring (bicyclic) bond motifs is 1. The van der Waals surface area contributed by atoms with Gasteiger partial charge < -0.3 is 10.1 Å². The first-order valence-corrected chi connectivity index (χ1v) is 6.08. The first kappa shape index (κ1) is 12.1. The van der Waals surface area contributed by atoms with Gasteiger partial charge in [-0.25, -0.2) is 0 Å². The molecule has 92 valence electrons. The summed E-state index contributed by atoms with van der Waals surface area (Å²) < 4.78 is 4.69. The number of hydrogen-bond acceptors (Lipinski definition) is 3. The Balaban J connectivity index is 1.73. The molecule has 1 N–H and O–H groups in total. The average Bonchev–Trinajstić information content (AvgIpc) is 2.33. The molecular formula is C14H19NO2. The average molecular weight is 233 g/mol. The third kappa shape index (κ3) is 2.67. The summed E-state index contributed by atoms with van der Waals surface area (Å²) in [7, 11) is 1.43. The number of hydrogen-bond donors (Lipinski definition) is 1. The van der Waals surface area contributed by atoms with E-state index in [0.717, 1.165) is 13.0 Å². The van der Waals surface area contributed by atoms with Crippen molar-refractivity contribution < 1.29 is 9.53 Å². The number of carbonyl (C=O) groups is 1. The molecule has 0 aliphatic heterocycles. The van der Waals surface area contributed by atoms with Gasteiger partial charge in [-0.3, -0.25) is 4.79 Å². The van der Waals surface area contributed by atoms with Crippen LogP contribution in [0.1, 0.15) is 24.0 Å². The van der Waals surface area contributed by atoms with Crippen molar-refractivity contribution in [2.24, 2.45) is 5.92 Å². The second kappa shape index (κ2) is 5.32. The van der Waals surface area contributed by atoms with Crippen molar-refractivity contribution in [1.82, 2.24) is 5.32 Å². The normalized spacial score (nSPS) is 19.1. The van der Waals surface area contributed by atoms with Crippen LogP contribution >= 0.6 is 0 Å². The van der Waals surface area contributed by atoms with E-state index in [1.165, 1.54) is 18.2 Å². The maximum absolute atomic E-state index is 11.2. The van der Waals surface area contributed by atoms with Crippen LogP contribution in [0.15, 0.2) is 24.3 Å². The summed E-state index contributed by atoms with van der Waals surface area (Å²) >= 11 is 0. The molecule has 0 amide bonds. The molecule has 1 aromatic rings. The van der Waals surface area contributed by atoms with Crippen LogP contribution in [0.2, 0.25) is 0 Å². The number of methoxy groups -OCH3 is 1. The molecule has 0 radical (unpaired) electrons. The van der Waals surface area contributed by atoms with Crippen molar-refractivity contribution in [1.29, 1.82) is 0 Å². The summed E-state index contributed by atoms with van der Waals surface area (Å²) in [6.07, 6.45) is 1.15. The van der Waals surface area contributed by atoms with Crippen molar-refractivity contribution in [3.8, 4) is 0 Å². The smallest absolute Gasteiger partial charge is 0.309 e. The van der Waals surface area contributed by atoms with Crippen molar-refractivity contribution in [2.45, 2.75) is 19.3 Å². The summed E-state index contributed by atoms with van der Waals surface area (Å²) in [6.45, 7) is 3.51. The van der Waals surface area contributed by atoms with E-state index in [-0.39, 0.29) is 11.9 Å². The van der Waals surface area contributed by atoms with Gasteiger partial charge in [0.2, 0.25) is 0 Å². The number of esters is 1. The van der Waals surface area contributed by atoms with Gasteiger partial charge in [0.1, 0.15) is 0 Å². The fraction of sp³-hybridized carbons (Fsp3) is 0.500. The van der Waals surface area contributed by atoms with Crippen LogP contribution < -0.4 is 5.32 Å². The Labute approximate surface area is 102 Å². The van der Waals surface area contributed by atoms with E-state index in [9.17, 15) is 4.79 Å². The second-order valence-corrected chi connectivity index (χ2v) is 4.68. The van der Waals surface area contributed by atoms with E-state index in [1.54, 1.807) is 0 Å². The largest absolute Gasteiger partial charge is 0.469 e. The Kier molecular flexibility index (Phi) is 3.79. The van der Waals surface area contributed by atoms with E-state index in [4.69, 9.17) is 0 Å². The number of rotatable bonds is 5. The Morgan fingerprint density at radius 2 is 2.29 bits per heavy atom. The van der Waals surface area contributed by atoms with E-state index in [0.29, 0.717) is 12.5 Å². The molecule has 0 saturated carbocycles. The first-order chi connectivity index (χ1) is 8.22. The van der Waals surface area contributed by atoms with Gasteiger partial charge in [-0.05, 0) is 17.5 Å². The molecule has 3 heteroatoms. The predicted molar refractivity (Wildman–Crippen MR) is 66.9 cm³/mol. The monoisotopic (exact) mass is 233 g/mol. The highest BCUT2D eigenvalue weighted by atomic mass is 16.5. The molecule has 0 fully saturated rings. The van der Waals surface area contributed by atoms with Crippen LogP contribution in [-0.4, -0.2) is 26.2 Å². The number of nitrogens with one attached hydrogen (secondary N) is 1. The minimum atomic E-state index is -0.147. The molecule has 0 saturated heterocycles. The lowest BCUT2D eigenvalue weighted by Crippen LogP contribution is -2.33. The number of benzene rings is 1. The third-order valence-corrected chi connectivity index (χ3v) is 3.41. The maximum Gasteiger partial charge on any atom is 0.309 e.